The first-order valence-corrected chi connectivity index (χ1v) is 7.43. The summed E-state index contributed by atoms with van der Waals surface area (Å²) in [5, 5.41) is 0. The number of hydrogen-bond donors (Lipinski definition) is 0. The van der Waals surface area contributed by atoms with Gasteiger partial charge in [0.2, 0.25) is 8.27 Å². The maximum absolute atomic E-state index is 11.0. The summed E-state index contributed by atoms with van der Waals surface area (Å²) >= 11 is 2.59. The lowest BCUT2D eigenvalue weighted by Crippen LogP contribution is -2.05. The monoisotopic (exact) mass is 278 g/mol. The van der Waals surface area contributed by atoms with Gasteiger partial charge in [-0.25, -0.2) is 8.42 Å². The molecule has 1 aromatic carbocycles. The molecule has 1 aromatic rings. The third-order valence-corrected chi connectivity index (χ3v) is 3.43. The van der Waals surface area contributed by atoms with Gasteiger partial charge in [-0.05, 0) is 38.1 Å². The molecule has 1 rings (SSSR count). The van der Waals surface area contributed by atoms with Crippen LogP contribution in [0.2, 0.25) is 0 Å². The van der Waals surface area contributed by atoms with Gasteiger partial charge in [0, 0.05) is 0 Å². The molecule has 0 bridgehead atoms. The van der Waals surface area contributed by atoms with Crippen molar-refractivity contribution >= 4 is 23.1 Å². The van der Waals surface area contributed by atoms with Crippen molar-refractivity contribution in [1.82, 2.24) is 0 Å². The van der Waals surface area contributed by atoms with Crippen LogP contribution in [0, 0.1) is 0 Å². The van der Waals surface area contributed by atoms with Crippen LogP contribution in [0.15, 0.2) is 29.2 Å². The second kappa shape index (κ2) is 4.31. The van der Waals surface area contributed by atoms with Crippen molar-refractivity contribution in [2.75, 3.05) is 0 Å². The molecule has 0 saturated heterocycles. The quantitative estimate of drug-likeness (QED) is 0.799. The number of benzene rings is 1. The van der Waals surface area contributed by atoms with Crippen molar-refractivity contribution in [3.05, 3.63) is 24.3 Å². The zero-order chi connectivity index (χ0) is 10.8. The fraction of sp³-hybridized carbons (Fsp3) is 0.333. The summed E-state index contributed by atoms with van der Waals surface area (Å²) in [6, 6.07) is 6.27. The van der Waals surface area contributed by atoms with E-state index >= 15 is 0 Å². The van der Waals surface area contributed by atoms with Gasteiger partial charge in [0.15, 0.2) is 0 Å². The van der Waals surface area contributed by atoms with Crippen molar-refractivity contribution in [3.63, 3.8) is 0 Å². The summed E-state index contributed by atoms with van der Waals surface area (Å²) in [4.78, 5) is 0.230. The highest BCUT2D eigenvalue weighted by Crippen LogP contribution is 2.20. The molecule has 14 heavy (non-hydrogen) atoms. The highest BCUT2D eigenvalue weighted by atomic mass is 79.9. The van der Waals surface area contributed by atoms with Gasteiger partial charge in [-0.3, -0.25) is 0 Å². The molecular formula is C9H11BrO3S. The standard InChI is InChI=1S/C9H11BrO3S/c1-7(2)13-8-3-5-9(6-4-8)14(10,11)12/h3-7H,1-2H3. The summed E-state index contributed by atoms with van der Waals surface area (Å²) in [7, 11) is -3.29. The largest absolute Gasteiger partial charge is 0.491 e. The summed E-state index contributed by atoms with van der Waals surface area (Å²) in [5.41, 5.74) is 0. The van der Waals surface area contributed by atoms with Crippen LogP contribution in [0.1, 0.15) is 13.8 Å². The smallest absolute Gasteiger partial charge is 0.237 e. The van der Waals surface area contributed by atoms with Gasteiger partial charge in [-0.2, -0.15) is 0 Å². The van der Waals surface area contributed by atoms with Gasteiger partial charge in [0.05, 0.1) is 25.8 Å². The van der Waals surface area contributed by atoms with E-state index in [0.29, 0.717) is 5.75 Å². The fourth-order valence-electron chi connectivity index (χ4n) is 0.953. The van der Waals surface area contributed by atoms with E-state index in [9.17, 15) is 8.42 Å². The Labute approximate surface area is 91.2 Å². The van der Waals surface area contributed by atoms with Crippen LogP contribution in [-0.4, -0.2) is 14.5 Å². The van der Waals surface area contributed by atoms with E-state index in [1.807, 2.05) is 13.8 Å². The van der Waals surface area contributed by atoms with Gasteiger partial charge in [-0.1, -0.05) is 0 Å². The molecule has 0 aromatic heterocycles. The lowest BCUT2D eigenvalue weighted by Gasteiger charge is -2.09. The van der Waals surface area contributed by atoms with Crippen molar-refractivity contribution < 1.29 is 13.2 Å². The topological polar surface area (TPSA) is 43.4 Å². The summed E-state index contributed by atoms with van der Waals surface area (Å²) in [5.74, 6) is 0.667. The van der Waals surface area contributed by atoms with Crippen LogP contribution in [-0.2, 0) is 8.27 Å². The van der Waals surface area contributed by atoms with Crippen molar-refractivity contribution in [1.29, 1.82) is 0 Å². The number of halogens is 1. The van der Waals surface area contributed by atoms with E-state index in [2.05, 4.69) is 14.8 Å². The maximum Gasteiger partial charge on any atom is 0.237 e. The molecule has 78 valence electrons. The second-order valence-corrected chi connectivity index (χ2v) is 6.98. The van der Waals surface area contributed by atoms with E-state index in [-0.39, 0.29) is 11.0 Å². The minimum absolute atomic E-state index is 0.0847. The zero-order valence-corrected chi connectivity index (χ0v) is 10.3. The van der Waals surface area contributed by atoms with Crippen LogP contribution >= 0.6 is 14.8 Å². The second-order valence-electron chi connectivity index (χ2n) is 3.08. The molecule has 0 atom stereocenters. The fourth-order valence-corrected chi connectivity index (χ4v) is 2.06. The minimum atomic E-state index is -3.29. The Balaban J connectivity index is 2.90. The third kappa shape index (κ3) is 3.31. The molecule has 3 nitrogen and oxygen atoms in total. The maximum atomic E-state index is 11.0. The highest BCUT2D eigenvalue weighted by Gasteiger charge is 2.08. The van der Waals surface area contributed by atoms with Crippen LogP contribution < -0.4 is 4.74 Å². The lowest BCUT2D eigenvalue weighted by atomic mass is 10.3. The molecule has 0 aliphatic rings. The molecule has 0 aliphatic carbocycles. The third-order valence-electron chi connectivity index (χ3n) is 1.48. The van der Waals surface area contributed by atoms with Crippen molar-refractivity contribution in [2.45, 2.75) is 24.8 Å². The molecule has 0 aliphatic heterocycles. The van der Waals surface area contributed by atoms with Gasteiger partial charge in [0.25, 0.3) is 0 Å². The van der Waals surface area contributed by atoms with Crippen molar-refractivity contribution in [3.8, 4) is 5.75 Å². The molecule has 0 saturated carbocycles. The van der Waals surface area contributed by atoms with Crippen LogP contribution in [0.4, 0.5) is 0 Å². The first-order valence-electron chi connectivity index (χ1n) is 4.11. The van der Waals surface area contributed by atoms with Gasteiger partial charge in [0.1, 0.15) is 5.75 Å². The molecule has 0 spiro atoms. The summed E-state index contributed by atoms with van der Waals surface area (Å²) < 4.78 is 27.5. The molecule has 0 radical (unpaired) electrons. The first-order chi connectivity index (χ1) is 6.39. The molecule has 0 heterocycles. The van der Waals surface area contributed by atoms with Crippen LogP contribution in [0.5, 0.6) is 5.75 Å². The molecule has 0 amide bonds. The summed E-state index contributed by atoms with van der Waals surface area (Å²) in [6.45, 7) is 3.82. The average Bonchev–Trinajstić information content (AvgIpc) is 2.02. The van der Waals surface area contributed by atoms with Crippen LogP contribution in [0.25, 0.3) is 0 Å². The minimum Gasteiger partial charge on any atom is -0.491 e. The van der Waals surface area contributed by atoms with E-state index in [1.54, 1.807) is 12.1 Å². The van der Waals surface area contributed by atoms with E-state index < -0.39 is 8.27 Å². The van der Waals surface area contributed by atoms with Crippen LogP contribution in [0.3, 0.4) is 0 Å². The Bertz CT molecular complexity index is 395. The Morgan fingerprint density at radius 1 is 1.21 bits per heavy atom. The highest BCUT2D eigenvalue weighted by molar-refractivity contribution is 9.47. The lowest BCUT2D eigenvalue weighted by molar-refractivity contribution is 0.242. The van der Waals surface area contributed by atoms with E-state index in [0.717, 1.165) is 0 Å². The summed E-state index contributed by atoms with van der Waals surface area (Å²) in [6.07, 6.45) is 0.0847. The number of ether oxygens (including phenoxy) is 1. The zero-order valence-electron chi connectivity index (χ0n) is 7.90. The Morgan fingerprint density at radius 2 is 1.71 bits per heavy atom. The molecule has 0 fully saturated rings. The Morgan fingerprint density at radius 3 is 2.07 bits per heavy atom. The van der Waals surface area contributed by atoms with E-state index in [4.69, 9.17) is 4.74 Å². The van der Waals surface area contributed by atoms with Gasteiger partial charge < -0.3 is 4.74 Å². The normalized spacial score (nSPS) is 11.7. The Hall–Kier alpha value is -0.550. The van der Waals surface area contributed by atoms with E-state index in [1.165, 1.54) is 12.1 Å². The number of hydrogen-bond acceptors (Lipinski definition) is 3. The van der Waals surface area contributed by atoms with Gasteiger partial charge >= 0.3 is 0 Å². The average molecular weight is 279 g/mol. The first kappa shape index (κ1) is 11.5. The SMILES string of the molecule is CC(C)Oc1ccc(S(=O)(=O)Br)cc1. The van der Waals surface area contributed by atoms with Crippen molar-refractivity contribution in [2.24, 2.45) is 0 Å². The Kier molecular flexibility index (Phi) is 3.55. The molecule has 0 N–H and O–H groups in total. The number of rotatable bonds is 3. The van der Waals surface area contributed by atoms with Gasteiger partial charge in [-0.15, -0.1) is 0 Å². The molecule has 5 heteroatoms. The molecule has 0 unspecified atom stereocenters. The molecular weight excluding hydrogens is 268 g/mol. The predicted octanol–water partition coefficient (Wildman–Crippen LogP) is 2.56. The predicted molar refractivity (Wildman–Crippen MR) is 58.3 cm³/mol.